The first-order valence-corrected chi connectivity index (χ1v) is 5.76. The van der Waals surface area contributed by atoms with Gasteiger partial charge < -0.3 is 20.8 Å². The maximum atomic E-state index is 12.4. The van der Waals surface area contributed by atoms with E-state index in [0.29, 0.717) is 25.7 Å². The minimum atomic E-state index is -4.47. The van der Waals surface area contributed by atoms with Crippen molar-refractivity contribution in [3.05, 3.63) is 0 Å². The Morgan fingerprint density at radius 2 is 1.72 bits per heavy atom. The van der Waals surface area contributed by atoms with Crippen LogP contribution in [0.5, 0.6) is 0 Å². The van der Waals surface area contributed by atoms with Crippen LogP contribution < -0.4 is 10.6 Å². The van der Waals surface area contributed by atoms with E-state index in [-0.39, 0.29) is 12.1 Å². The number of halogens is 3. The van der Waals surface area contributed by atoms with E-state index < -0.39 is 24.9 Å². The molecule has 1 amide bonds. The summed E-state index contributed by atoms with van der Waals surface area (Å²) in [4.78, 5) is 10.4. The van der Waals surface area contributed by atoms with Gasteiger partial charge in [-0.25, -0.2) is 4.79 Å². The minimum absolute atomic E-state index is 0.195. The molecular formula is C10H17F3N2O3. The van der Waals surface area contributed by atoms with E-state index in [1.165, 1.54) is 0 Å². The summed E-state index contributed by atoms with van der Waals surface area (Å²) in [6, 6.07) is -2.44. The second-order valence-corrected chi connectivity index (χ2v) is 4.44. The van der Waals surface area contributed by atoms with Crippen LogP contribution in [-0.4, -0.2) is 47.2 Å². The highest BCUT2D eigenvalue weighted by atomic mass is 19.4. The number of aliphatic hydroxyl groups is 1. The van der Waals surface area contributed by atoms with Gasteiger partial charge in [0.2, 0.25) is 0 Å². The summed E-state index contributed by atoms with van der Waals surface area (Å²) in [5, 5.41) is 21.9. The molecular weight excluding hydrogens is 253 g/mol. The van der Waals surface area contributed by atoms with Crippen LogP contribution in [0.25, 0.3) is 0 Å². The predicted octanol–water partition coefficient (Wildman–Crippen LogP) is 1.08. The molecule has 0 aromatic carbocycles. The number of alkyl halides is 3. The molecule has 0 saturated heterocycles. The van der Waals surface area contributed by atoms with Crippen molar-refractivity contribution in [1.82, 2.24) is 10.6 Å². The summed E-state index contributed by atoms with van der Waals surface area (Å²) in [5.41, 5.74) is 0. The molecule has 0 radical (unpaired) electrons. The number of carbonyl (C=O) groups is 1. The van der Waals surface area contributed by atoms with E-state index in [0.717, 1.165) is 0 Å². The highest BCUT2D eigenvalue weighted by Crippen LogP contribution is 2.24. The Morgan fingerprint density at radius 3 is 2.11 bits per heavy atom. The molecule has 0 heterocycles. The van der Waals surface area contributed by atoms with Gasteiger partial charge >= 0.3 is 12.3 Å². The first-order valence-electron chi connectivity index (χ1n) is 5.76. The first-order chi connectivity index (χ1) is 8.32. The van der Waals surface area contributed by atoms with Gasteiger partial charge in [-0.2, -0.15) is 13.2 Å². The van der Waals surface area contributed by atoms with Gasteiger partial charge in [0.25, 0.3) is 0 Å². The molecule has 18 heavy (non-hydrogen) atoms. The maximum absolute atomic E-state index is 12.4. The van der Waals surface area contributed by atoms with E-state index in [4.69, 9.17) is 10.2 Å². The monoisotopic (exact) mass is 270 g/mol. The van der Waals surface area contributed by atoms with Crippen LogP contribution in [0.3, 0.4) is 0 Å². The standard InChI is InChI=1S/C10H17F3N2O3/c11-10(12,13)8(5-16)14-6-1-3-7(4-2-6)15-9(17)18/h6-8,14-16H,1-5H2,(H,17,18)/t6-,7-,8-/m1/s1. The van der Waals surface area contributed by atoms with Gasteiger partial charge in [0, 0.05) is 12.1 Å². The highest BCUT2D eigenvalue weighted by molar-refractivity contribution is 5.64. The molecule has 4 N–H and O–H groups in total. The first kappa shape index (κ1) is 15.0. The zero-order chi connectivity index (χ0) is 13.8. The summed E-state index contributed by atoms with van der Waals surface area (Å²) in [6.45, 7) is -0.989. The average molecular weight is 270 g/mol. The average Bonchev–Trinajstić information content (AvgIpc) is 2.25. The van der Waals surface area contributed by atoms with E-state index >= 15 is 0 Å². The number of carboxylic acid groups (broad SMARTS) is 1. The van der Waals surface area contributed by atoms with E-state index in [9.17, 15) is 18.0 Å². The molecule has 8 heteroatoms. The maximum Gasteiger partial charge on any atom is 0.406 e. The molecule has 0 spiro atoms. The highest BCUT2D eigenvalue weighted by Gasteiger charge is 2.40. The van der Waals surface area contributed by atoms with Crippen LogP contribution in [0, 0.1) is 0 Å². The van der Waals surface area contributed by atoms with Gasteiger partial charge in [0.1, 0.15) is 6.04 Å². The Balaban J connectivity index is 2.37. The molecule has 1 atom stereocenters. The molecule has 5 nitrogen and oxygen atoms in total. The van der Waals surface area contributed by atoms with Crippen molar-refractivity contribution in [1.29, 1.82) is 0 Å². The van der Waals surface area contributed by atoms with Crippen molar-refractivity contribution < 1.29 is 28.2 Å². The lowest BCUT2D eigenvalue weighted by Gasteiger charge is -2.32. The molecule has 1 aliphatic carbocycles. The molecule has 1 rings (SSSR count). The number of hydrogen-bond acceptors (Lipinski definition) is 3. The van der Waals surface area contributed by atoms with E-state index in [1.54, 1.807) is 0 Å². The zero-order valence-corrected chi connectivity index (χ0v) is 9.70. The SMILES string of the molecule is O=C(O)N[C@H]1CC[C@H](N[C@H](CO)C(F)(F)F)CC1. The van der Waals surface area contributed by atoms with Crippen molar-refractivity contribution >= 4 is 6.09 Å². The van der Waals surface area contributed by atoms with Gasteiger partial charge in [-0.15, -0.1) is 0 Å². The fourth-order valence-corrected chi connectivity index (χ4v) is 2.11. The number of amides is 1. The van der Waals surface area contributed by atoms with Crippen molar-refractivity contribution in [2.75, 3.05) is 6.61 Å². The fourth-order valence-electron chi connectivity index (χ4n) is 2.11. The fraction of sp³-hybridized carbons (Fsp3) is 0.900. The minimum Gasteiger partial charge on any atom is -0.465 e. The lowest BCUT2D eigenvalue weighted by molar-refractivity contribution is -0.166. The largest absolute Gasteiger partial charge is 0.465 e. The van der Waals surface area contributed by atoms with Crippen LogP contribution in [0.1, 0.15) is 25.7 Å². The predicted molar refractivity (Wildman–Crippen MR) is 57.3 cm³/mol. The van der Waals surface area contributed by atoms with Crippen LogP contribution in [-0.2, 0) is 0 Å². The Kier molecular flexibility index (Phi) is 5.21. The molecule has 0 bridgehead atoms. The molecule has 1 aliphatic rings. The van der Waals surface area contributed by atoms with Crippen LogP contribution in [0.15, 0.2) is 0 Å². The van der Waals surface area contributed by atoms with E-state index in [1.807, 2.05) is 0 Å². The summed E-state index contributed by atoms with van der Waals surface area (Å²) in [7, 11) is 0. The van der Waals surface area contributed by atoms with Crippen molar-refractivity contribution in [3.8, 4) is 0 Å². The lowest BCUT2D eigenvalue weighted by Crippen LogP contribution is -2.51. The molecule has 0 aromatic rings. The van der Waals surface area contributed by atoms with Crippen LogP contribution >= 0.6 is 0 Å². The van der Waals surface area contributed by atoms with Gasteiger partial charge in [-0.3, -0.25) is 0 Å². The molecule has 0 unspecified atom stereocenters. The van der Waals surface area contributed by atoms with Crippen molar-refractivity contribution in [3.63, 3.8) is 0 Å². The normalized spacial score (nSPS) is 26.7. The van der Waals surface area contributed by atoms with Gasteiger partial charge in [0.15, 0.2) is 0 Å². The summed E-state index contributed by atoms with van der Waals surface area (Å²) in [6.07, 6.45) is -3.67. The topological polar surface area (TPSA) is 81.6 Å². The quantitative estimate of drug-likeness (QED) is 0.616. The second kappa shape index (κ2) is 6.24. The Hall–Kier alpha value is -1.02. The van der Waals surface area contributed by atoms with E-state index in [2.05, 4.69) is 10.6 Å². The number of hydrogen-bond donors (Lipinski definition) is 4. The third kappa shape index (κ3) is 4.69. The second-order valence-electron chi connectivity index (χ2n) is 4.44. The zero-order valence-electron chi connectivity index (χ0n) is 9.70. The van der Waals surface area contributed by atoms with Crippen LogP contribution in [0.4, 0.5) is 18.0 Å². The lowest BCUT2D eigenvalue weighted by atomic mass is 9.91. The smallest absolute Gasteiger partial charge is 0.406 e. The van der Waals surface area contributed by atoms with Gasteiger partial charge in [-0.05, 0) is 25.7 Å². The van der Waals surface area contributed by atoms with Gasteiger partial charge in [-0.1, -0.05) is 0 Å². The Labute approximate surface area is 102 Å². The summed E-state index contributed by atoms with van der Waals surface area (Å²) in [5.74, 6) is 0. The molecule has 0 aromatic heterocycles. The summed E-state index contributed by atoms with van der Waals surface area (Å²) >= 11 is 0. The van der Waals surface area contributed by atoms with Gasteiger partial charge in [0.05, 0.1) is 6.61 Å². The number of rotatable bonds is 4. The van der Waals surface area contributed by atoms with Crippen molar-refractivity contribution in [2.45, 2.75) is 50.0 Å². The summed E-state index contributed by atoms with van der Waals surface area (Å²) < 4.78 is 37.2. The molecule has 1 saturated carbocycles. The Bertz CT molecular complexity index is 278. The van der Waals surface area contributed by atoms with Crippen molar-refractivity contribution in [2.24, 2.45) is 0 Å². The molecule has 1 fully saturated rings. The molecule has 106 valence electrons. The number of nitrogens with one attached hydrogen (secondary N) is 2. The molecule has 0 aliphatic heterocycles. The Morgan fingerprint density at radius 1 is 1.22 bits per heavy atom. The third-order valence-electron chi connectivity index (χ3n) is 3.07. The number of aliphatic hydroxyl groups excluding tert-OH is 1. The van der Waals surface area contributed by atoms with Crippen LogP contribution in [0.2, 0.25) is 0 Å². The third-order valence-corrected chi connectivity index (χ3v) is 3.07.